The van der Waals surface area contributed by atoms with Crippen molar-refractivity contribution < 1.29 is 13.9 Å². The lowest BCUT2D eigenvalue weighted by atomic mass is 10.2. The molecular formula is C15H13ClFNO2S. The minimum Gasteiger partial charge on any atom is -0.493 e. The van der Waals surface area contributed by atoms with Crippen LogP contribution in [0.4, 0.5) is 4.39 Å². The third kappa shape index (κ3) is 3.62. The molecule has 0 amide bonds. The van der Waals surface area contributed by atoms with E-state index in [2.05, 4.69) is 0 Å². The molecule has 2 aromatic rings. The van der Waals surface area contributed by atoms with Gasteiger partial charge in [-0.3, -0.25) is 0 Å². The van der Waals surface area contributed by atoms with Crippen molar-refractivity contribution in [2.75, 3.05) is 7.11 Å². The number of ether oxygens (including phenoxy) is 2. The van der Waals surface area contributed by atoms with Crippen molar-refractivity contribution in [3.8, 4) is 11.5 Å². The Morgan fingerprint density at radius 2 is 2.05 bits per heavy atom. The highest BCUT2D eigenvalue weighted by Gasteiger charge is 2.11. The van der Waals surface area contributed by atoms with Crippen LogP contribution < -0.4 is 15.2 Å². The molecule has 2 N–H and O–H groups in total. The zero-order chi connectivity index (χ0) is 15.4. The summed E-state index contributed by atoms with van der Waals surface area (Å²) in [4.78, 5) is 0.242. The number of rotatable bonds is 5. The van der Waals surface area contributed by atoms with Crippen molar-refractivity contribution >= 4 is 28.8 Å². The predicted molar refractivity (Wildman–Crippen MR) is 84.6 cm³/mol. The van der Waals surface area contributed by atoms with Crippen LogP contribution in [0, 0.1) is 5.82 Å². The molecule has 0 aliphatic heterocycles. The minimum atomic E-state index is -0.424. The summed E-state index contributed by atoms with van der Waals surface area (Å²) in [5.74, 6) is 0.497. The van der Waals surface area contributed by atoms with Crippen LogP contribution >= 0.6 is 23.8 Å². The largest absolute Gasteiger partial charge is 0.493 e. The van der Waals surface area contributed by atoms with Gasteiger partial charge in [0.2, 0.25) is 0 Å². The third-order valence-corrected chi connectivity index (χ3v) is 3.47. The number of methoxy groups -OCH3 is 1. The Balaban J connectivity index is 2.26. The topological polar surface area (TPSA) is 44.5 Å². The summed E-state index contributed by atoms with van der Waals surface area (Å²) in [5, 5.41) is 0.305. The van der Waals surface area contributed by atoms with Crippen LogP contribution in [0.1, 0.15) is 11.1 Å². The summed E-state index contributed by atoms with van der Waals surface area (Å²) in [6.07, 6.45) is 0. The van der Waals surface area contributed by atoms with Crippen molar-refractivity contribution in [2.24, 2.45) is 5.73 Å². The standard InChI is InChI=1S/C15H13ClFNO2S/c1-19-13-6-5-9(15(18)21)7-14(13)20-8-10-11(16)3-2-4-12(10)17/h2-7H,8H2,1H3,(H2,18,21). The maximum absolute atomic E-state index is 13.7. The Kier molecular flexibility index (Phi) is 4.98. The van der Waals surface area contributed by atoms with Gasteiger partial charge in [-0.25, -0.2) is 4.39 Å². The normalized spacial score (nSPS) is 10.2. The van der Waals surface area contributed by atoms with Crippen LogP contribution in [0.25, 0.3) is 0 Å². The summed E-state index contributed by atoms with van der Waals surface area (Å²) in [5.41, 5.74) is 6.50. The van der Waals surface area contributed by atoms with Gasteiger partial charge in [-0.1, -0.05) is 29.9 Å². The maximum atomic E-state index is 13.7. The first-order valence-corrected chi connectivity index (χ1v) is 6.85. The number of halogens is 2. The van der Waals surface area contributed by atoms with E-state index in [0.29, 0.717) is 22.1 Å². The zero-order valence-corrected chi connectivity index (χ0v) is 12.8. The van der Waals surface area contributed by atoms with E-state index in [1.807, 2.05) is 0 Å². The first-order valence-electron chi connectivity index (χ1n) is 6.06. The highest BCUT2D eigenvalue weighted by Crippen LogP contribution is 2.30. The van der Waals surface area contributed by atoms with Crippen LogP contribution in [0.15, 0.2) is 36.4 Å². The van der Waals surface area contributed by atoms with Gasteiger partial charge in [0.15, 0.2) is 11.5 Å². The average molecular weight is 326 g/mol. The SMILES string of the molecule is COc1ccc(C(N)=S)cc1OCc1c(F)cccc1Cl. The molecule has 0 aliphatic rings. The van der Waals surface area contributed by atoms with Gasteiger partial charge in [-0.05, 0) is 30.3 Å². The summed E-state index contributed by atoms with van der Waals surface area (Å²) >= 11 is 10.9. The summed E-state index contributed by atoms with van der Waals surface area (Å²) < 4.78 is 24.5. The van der Waals surface area contributed by atoms with Gasteiger partial charge in [-0.15, -0.1) is 0 Å². The lowest BCUT2D eigenvalue weighted by Crippen LogP contribution is -2.10. The number of benzene rings is 2. The number of nitrogens with two attached hydrogens (primary N) is 1. The molecule has 0 fully saturated rings. The van der Waals surface area contributed by atoms with E-state index in [-0.39, 0.29) is 17.2 Å². The van der Waals surface area contributed by atoms with E-state index < -0.39 is 5.82 Å². The van der Waals surface area contributed by atoms with Crippen molar-refractivity contribution in [3.63, 3.8) is 0 Å². The van der Waals surface area contributed by atoms with E-state index in [0.717, 1.165) is 0 Å². The molecular weight excluding hydrogens is 313 g/mol. The molecule has 0 saturated carbocycles. The van der Waals surface area contributed by atoms with Gasteiger partial charge in [0.1, 0.15) is 17.4 Å². The molecule has 3 nitrogen and oxygen atoms in total. The third-order valence-electron chi connectivity index (χ3n) is 2.88. The van der Waals surface area contributed by atoms with E-state index in [1.165, 1.54) is 19.2 Å². The molecule has 0 bridgehead atoms. The second kappa shape index (κ2) is 6.74. The quantitative estimate of drug-likeness (QED) is 0.851. The number of hydrogen-bond acceptors (Lipinski definition) is 3. The Morgan fingerprint density at radius 3 is 2.67 bits per heavy atom. The lowest BCUT2D eigenvalue weighted by molar-refractivity contribution is 0.280. The van der Waals surface area contributed by atoms with E-state index in [4.69, 9.17) is 39.0 Å². The van der Waals surface area contributed by atoms with Crippen LogP contribution in [-0.2, 0) is 6.61 Å². The van der Waals surface area contributed by atoms with Crippen LogP contribution in [0.2, 0.25) is 5.02 Å². The molecule has 2 aromatic carbocycles. The predicted octanol–water partition coefficient (Wildman–Crippen LogP) is 3.70. The Bertz CT molecular complexity index is 658. The molecule has 0 spiro atoms. The molecule has 0 radical (unpaired) electrons. The van der Waals surface area contributed by atoms with Gasteiger partial charge < -0.3 is 15.2 Å². The fraction of sp³-hybridized carbons (Fsp3) is 0.133. The summed E-state index contributed by atoms with van der Waals surface area (Å²) in [6, 6.07) is 9.53. The average Bonchev–Trinajstić information content (AvgIpc) is 2.46. The van der Waals surface area contributed by atoms with Crippen LogP contribution in [0.3, 0.4) is 0 Å². The molecule has 0 heterocycles. The Morgan fingerprint density at radius 1 is 1.29 bits per heavy atom. The fourth-order valence-electron chi connectivity index (χ4n) is 1.76. The molecule has 0 atom stereocenters. The minimum absolute atomic E-state index is 0.0251. The van der Waals surface area contributed by atoms with Crippen molar-refractivity contribution in [1.82, 2.24) is 0 Å². The van der Waals surface area contributed by atoms with Crippen molar-refractivity contribution in [3.05, 3.63) is 58.4 Å². The number of hydrogen-bond donors (Lipinski definition) is 1. The zero-order valence-electron chi connectivity index (χ0n) is 11.2. The molecule has 2 rings (SSSR count). The van der Waals surface area contributed by atoms with E-state index in [9.17, 15) is 4.39 Å². The van der Waals surface area contributed by atoms with E-state index >= 15 is 0 Å². The van der Waals surface area contributed by atoms with Crippen molar-refractivity contribution in [2.45, 2.75) is 6.61 Å². The second-order valence-corrected chi connectivity index (χ2v) is 5.07. The highest BCUT2D eigenvalue weighted by molar-refractivity contribution is 7.80. The molecule has 0 aromatic heterocycles. The molecule has 0 aliphatic carbocycles. The van der Waals surface area contributed by atoms with Crippen molar-refractivity contribution in [1.29, 1.82) is 0 Å². The van der Waals surface area contributed by atoms with Gasteiger partial charge in [0, 0.05) is 11.1 Å². The molecule has 6 heteroatoms. The van der Waals surface area contributed by atoms with E-state index in [1.54, 1.807) is 24.3 Å². The fourth-order valence-corrected chi connectivity index (χ4v) is 2.11. The summed E-state index contributed by atoms with van der Waals surface area (Å²) in [6.45, 7) is -0.0251. The molecule has 21 heavy (non-hydrogen) atoms. The first kappa shape index (κ1) is 15.5. The van der Waals surface area contributed by atoms with Gasteiger partial charge in [-0.2, -0.15) is 0 Å². The molecule has 0 unspecified atom stereocenters. The highest BCUT2D eigenvalue weighted by atomic mass is 35.5. The Hall–Kier alpha value is -1.85. The smallest absolute Gasteiger partial charge is 0.162 e. The van der Waals surface area contributed by atoms with Gasteiger partial charge in [0.25, 0.3) is 0 Å². The second-order valence-electron chi connectivity index (χ2n) is 4.22. The monoisotopic (exact) mass is 325 g/mol. The number of thiocarbonyl (C=S) groups is 1. The summed E-state index contributed by atoms with van der Waals surface area (Å²) in [7, 11) is 1.51. The van der Waals surface area contributed by atoms with Gasteiger partial charge >= 0.3 is 0 Å². The van der Waals surface area contributed by atoms with Gasteiger partial charge in [0.05, 0.1) is 12.1 Å². The molecule has 0 saturated heterocycles. The first-order chi connectivity index (χ1) is 10.0. The lowest BCUT2D eigenvalue weighted by Gasteiger charge is -2.13. The molecule has 110 valence electrons. The maximum Gasteiger partial charge on any atom is 0.162 e. The van der Waals surface area contributed by atoms with Crippen LogP contribution in [0.5, 0.6) is 11.5 Å². The van der Waals surface area contributed by atoms with Crippen LogP contribution in [-0.4, -0.2) is 12.1 Å². The Labute approximate surface area is 132 Å².